The van der Waals surface area contributed by atoms with Crippen LogP contribution in [0.4, 0.5) is 4.79 Å². The van der Waals surface area contributed by atoms with E-state index in [4.69, 9.17) is 0 Å². The van der Waals surface area contributed by atoms with E-state index in [0.717, 1.165) is 10.4 Å². The molecule has 0 atom stereocenters. The van der Waals surface area contributed by atoms with Gasteiger partial charge in [-0.25, -0.2) is 4.79 Å². The number of hydrogen-bond acceptors (Lipinski definition) is 4. The van der Waals surface area contributed by atoms with Gasteiger partial charge in [-0.3, -0.25) is 20.2 Å². The van der Waals surface area contributed by atoms with E-state index in [1.54, 1.807) is 0 Å². The minimum Gasteiger partial charge on any atom is -0.273 e. The highest BCUT2D eigenvalue weighted by atomic mass is 32.1. The molecule has 1 fully saturated rings. The summed E-state index contributed by atoms with van der Waals surface area (Å²) in [4.78, 5) is 34.4. The molecular formula is C10H8N2O3S. The zero-order valence-electron chi connectivity index (χ0n) is 8.37. The van der Waals surface area contributed by atoms with Crippen molar-refractivity contribution < 1.29 is 14.4 Å². The molecule has 0 bridgehead atoms. The lowest BCUT2D eigenvalue weighted by atomic mass is 10.1. The third kappa shape index (κ3) is 1.87. The molecule has 2 heterocycles. The van der Waals surface area contributed by atoms with E-state index >= 15 is 0 Å². The molecule has 16 heavy (non-hydrogen) atoms. The normalized spacial score (nSPS) is 15.8. The number of carbonyl (C=O) groups excluding carboxylic acids is 3. The lowest BCUT2D eigenvalue weighted by Crippen LogP contribution is -2.51. The first-order chi connectivity index (χ1) is 7.58. The van der Waals surface area contributed by atoms with Gasteiger partial charge in [0, 0.05) is 4.88 Å². The molecule has 1 aromatic heterocycles. The van der Waals surface area contributed by atoms with Gasteiger partial charge in [-0.2, -0.15) is 0 Å². The summed E-state index contributed by atoms with van der Waals surface area (Å²) >= 11 is 1.43. The summed E-state index contributed by atoms with van der Waals surface area (Å²) in [6, 6.07) is 1.11. The molecule has 5 nitrogen and oxygen atoms in total. The first-order valence-corrected chi connectivity index (χ1v) is 5.38. The van der Waals surface area contributed by atoms with Gasteiger partial charge >= 0.3 is 6.03 Å². The predicted octanol–water partition coefficient (Wildman–Crippen LogP) is 0.806. The highest BCUT2D eigenvalue weighted by Crippen LogP contribution is 2.19. The largest absolute Gasteiger partial charge is 0.328 e. The number of urea groups is 1. The fourth-order valence-electron chi connectivity index (χ4n) is 1.27. The summed E-state index contributed by atoms with van der Waals surface area (Å²) in [5.74, 6) is -1.33. The molecule has 0 spiro atoms. The van der Waals surface area contributed by atoms with E-state index in [-0.39, 0.29) is 5.57 Å². The van der Waals surface area contributed by atoms with Crippen LogP contribution < -0.4 is 10.6 Å². The molecular weight excluding hydrogens is 228 g/mol. The second-order valence-electron chi connectivity index (χ2n) is 3.26. The van der Waals surface area contributed by atoms with Crippen molar-refractivity contribution >= 4 is 35.3 Å². The molecule has 0 aromatic carbocycles. The maximum Gasteiger partial charge on any atom is 0.328 e. The molecule has 0 radical (unpaired) electrons. The van der Waals surface area contributed by atoms with Crippen LogP contribution in [0.25, 0.3) is 6.08 Å². The Kier molecular flexibility index (Phi) is 2.57. The maximum atomic E-state index is 11.4. The monoisotopic (exact) mass is 236 g/mol. The molecule has 0 aliphatic carbocycles. The third-order valence-corrected chi connectivity index (χ3v) is 3.09. The average Bonchev–Trinajstić information content (AvgIpc) is 2.57. The molecule has 1 aliphatic rings. The van der Waals surface area contributed by atoms with Gasteiger partial charge in [0.25, 0.3) is 11.8 Å². The predicted molar refractivity (Wildman–Crippen MR) is 58.7 cm³/mol. The Labute approximate surface area is 95.2 Å². The van der Waals surface area contributed by atoms with Crippen molar-refractivity contribution in [1.82, 2.24) is 10.6 Å². The highest BCUT2D eigenvalue weighted by Gasteiger charge is 2.27. The fourth-order valence-corrected chi connectivity index (χ4v) is 2.13. The molecule has 6 heteroatoms. The third-order valence-electron chi connectivity index (χ3n) is 2.12. The number of hydrogen-bond donors (Lipinski definition) is 2. The summed E-state index contributed by atoms with van der Waals surface area (Å²) in [5.41, 5.74) is 0.931. The smallest absolute Gasteiger partial charge is 0.273 e. The van der Waals surface area contributed by atoms with Gasteiger partial charge in [-0.05, 0) is 30.0 Å². The van der Waals surface area contributed by atoms with Crippen molar-refractivity contribution in [2.75, 3.05) is 0 Å². The molecule has 1 aliphatic heterocycles. The summed E-state index contributed by atoms with van der Waals surface area (Å²) in [6.45, 7) is 1.88. The first kappa shape index (κ1) is 10.6. The van der Waals surface area contributed by atoms with Crippen molar-refractivity contribution in [3.05, 3.63) is 27.5 Å². The Balaban J connectivity index is 2.37. The lowest BCUT2D eigenvalue weighted by Gasteiger charge is -2.13. The topological polar surface area (TPSA) is 75.3 Å². The van der Waals surface area contributed by atoms with Crippen LogP contribution in [0.1, 0.15) is 10.4 Å². The number of aryl methyl sites for hydroxylation is 1. The quantitative estimate of drug-likeness (QED) is 0.559. The molecule has 0 unspecified atom stereocenters. The van der Waals surface area contributed by atoms with Gasteiger partial charge in [0.1, 0.15) is 5.57 Å². The van der Waals surface area contributed by atoms with Gasteiger partial charge in [0.15, 0.2) is 0 Å². The fraction of sp³-hybridized carbons (Fsp3) is 0.100. The first-order valence-electron chi connectivity index (χ1n) is 4.50. The summed E-state index contributed by atoms with van der Waals surface area (Å²) in [7, 11) is 0. The summed E-state index contributed by atoms with van der Waals surface area (Å²) in [5, 5.41) is 5.90. The highest BCUT2D eigenvalue weighted by molar-refractivity contribution is 7.11. The summed E-state index contributed by atoms with van der Waals surface area (Å²) in [6.07, 6.45) is 1.48. The van der Waals surface area contributed by atoms with Gasteiger partial charge in [-0.15, -0.1) is 11.3 Å². The van der Waals surface area contributed by atoms with E-state index in [2.05, 4.69) is 0 Å². The maximum absolute atomic E-state index is 11.4. The van der Waals surface area contributed by atoms with E-state index in [0.29, 0.717) is 0 Å². The van der Waals surface area contributed by atoms with Crippen LogP contribution >= 0.6 is 11.3 Å². The Bertz CT molecular complexity index is 494. The van der Waals surface area contributed by atoms with Crippen molar-refractivity contribution in [1.29, 1.82) is 0 Å². The van der Waals surface area contributed by atoms with Gasteiger partial charge in [-0.1, -0.05) is 0 Å². The van der Waals surface area contributed by atoms with Crippen LogP contribution in [-0.2, 0) is 9.59 Å². The van der Waals surface area contributed by atoms with Crippen LogP contribution in [-0.4, -0.2) is 17.8 Å². The van der Waals surface area contributed by atoms with Gasteiger partial charge < -0.3 is 0 Å². The van der Waals surface area contributed by atoms with Crippen molar-refractivity contribution in [3.8, 4) is 0 Å². The van der Waals surface area contributed by atoms with Crippen LogP contribution in [0.3, 0.4) is 0 Å². The Hall–Kier alpha value is -1.95. The van der Waals surface area contributed by atoms with Gasteiger partial charge in [0.05, 0.1) is 0 Å². The van der Waals surface area contributed by atoms with Gasteiger partial charge in [0.2, 0.25) is 0 Å². The second-order valence-corrected chi connectivity index (χ2v) is 4.21. The Morgan fingerprint density at radius 1 is 1.19 bits per heavy atom. The molecule has 82 valence electrons. The second kappa shape index (κ2) is 3.90. The number of nitrogens with one attached hydrogen (secondary N) is 2. The van der Waals surface area contributed by atoms with E-state index in [1.165, 1.54) is 17.4 Å². The van der Waals surface area contributed by atoms with E-state index < -0.39 is 17.8 Å². The molecule has 0 saturated carbocycles. The van der Waals surface area contributed by atoms with Crippen LogP contribution in [0.5, 0.6) is 0 Å². The van der Waals surface area contributed by atoms with E-state index in [9.17, 15) is 14.4 Å². The summed E-state index contributed by atoms with van der Waals surface area (Å²) < 4.78 is 0. The minimum atomic E-state index is -0.782. The SMILES string of the molecule is Cc1ccsc1C=C1C(=O)NC(=O)NC1=O. The zero-order chi connectivity index (χ0) is 11.7. The number of carbonyl (C=O) groups is 3. The standard InChI is InChI=1S/C10H8N2O3S/c1-5-2-3-16-7(5)4-6-8(13)11-10(15)12-9(6)14/h2-4H,1H3,(H2,11,12,13,14,15). The van der Waals surface area contributed by atoms with E-state index in [1.807, 2.05) is 29.0 Å². The molecule has 1 aromatic rings. The number of amides is 4. The number of rotatable bonds is 1. The molecule has 4 amide bonds. The van der Waals surface area contributed by atoms with Crippen LogP contribution in [0, 0.1) is 6.92 Å². The number of barbiturate groups is 1. The lowest BCUT2D eigenvalue weighted by molar-refractivity contribution is -0.123. The zero-order valence-corrected chi connectivity index (χ0v) is 9.18. The molecule has 1 saturated heterocycles. The van der Waals surface area contributed by atoms with Crippen LogP contribution in [0.2, 0.25) is 0 Å². The molecule has 2 N–H and O–H groups in total. The Morgan fingerprint density at radius 3 is 2.31 bits per heavy atom. The minimum absolute atomic E-state index is 0.0508. The number of thiophene rings is 1. The van der Waals surface area contributed by atoms with Crippen molar-refractivity contribution in [2.24, 2.45) is 0 Å². The Morgan fingerprint density at radius 2 is 1.81 bits per heavy atom. The van der Waals surface area contributed by atoms with Crippen molar-refractivity contribution in [2.45, 2.75) is 6.92 Å². The number of imide groups is 2. The molecule has 2 rings (SSSR count). The average molecular weight is 236 g/mol. The van der Waals surface area contributed by atoms with Crippen molar-refractivity contribution in [3.63, 3.8) is 0 Å². The van der Waals surface area contributed by atoms with Crippen LogP contribution in [0.15, 0.2) is 17.0 Å².